The lowest BCUT2D eigenvalue weighted by atomic mass is 9.94. The average Bonchev–Trinajstić information content (AvgIpc) is 3.43. The summed E-state index contributed by atoms with van der Waals surface area (Å²) >= 11 is 4.39. The minimum Gasteiger partial charge on any atom is -0.490 e. The second kappa shape index (κ2) is 14.7. The molecule has 2 aromatic heterocycles. The molecule has 3 rings (SSSR count). The lowest BCUT2D eigenvalue weighted by Gasteiger charge is -2.21. The number of hydrogen-bond acceptors (Lipinski definition) is 7. The summed E-state index contributed by atoms with van der Waals surface area (Å²) in [5, 5.41) is 12.0. The SMILES string of the molecule is CCCCCCCCOc1ccc(C)cc1OS(=O)NCCC(=O)OCC(C)(C)c1nnc2c(Cl)c(C)[nH]n12. The second-order valence-electron chi connectivity index (χ2n) is 10.3. The number of aromatic amines is 1. The fourth-order valence-electron chi connectivity index (χ4n) is 3.96. The van der Waals surface area contributed by atoms with Crippen molar-refractivity contribution in [3.8, 4) is 11.5 Å². The summed E-state index contributed by atoms with van der Waals surface area (Å²) in [7, 11) is 0. The maximum atomic E-state index is 12.5. The molecule has 0 aliphatic rings. The van der Waals surface area contributed by atoms with Crippen LogP contribution in [0, 0.1) is 13.8 Å². The van der Waals surface area contributed by atoms with E-state index in [9.17, 15) is 9.00 Å². The van der Waals surface area contributed by atoms with E-state index in [0.717, 1.165) is 24.1 Å². The van der Waals surface area contributed by atoms with Gasteiger partial charge in [-0.05, 0) is 51.8 Å². The molecule has 1 aromatic carbocycles. The Morgan fingerprint density at radius 1 is 1.13 bits per heavy atom. The third-order valence-corrected chi connectivity index (χ3v) is 7.46. The van der Waals surface area contributed by atoms with Crippen LogP contribution < -0.4 is 13.6 Å². The van der Waals surface area contributed by atoms with Crippen molar-refractivity contribution >= 4 is 34.5 Å². The van der Waals surface area contributed by atoms with E-state index >= 15 is 0 Å². The quantitative estimate of drug-likeness (QED) is 0.159. The van der Waals surface area contributed by atoms with Crippen LogP contribution in [0.15, 0.2) is 18.2 Å². The number of esters is 1. The van der Waals surface area contributed by atoms with E-state index in [2.05, 4.69) is 26.9 Å². The van der Waals surface area contributed by atoms with Gasteiger partial charge in [0.2, 0.25) is 0 Å². The molecule has 2 N–H and O–H groups in total. The van der Waals surface area contributed by atoms with Crippen molar-refractivity contribution in [2.45, 2.75) is 85.0 Å². The van der Waals surface area contributed by atoms with Gasteiger partial charge in [-0.2, -0.15) is 4.21 Å². The van der Waals surface area contributed by atoms with Gasteiger partial charge < -0.3 is 13.7 Å². The maximum Gasteiger partial charge on any atom is 0.307 e. The van der Waals surface area contributed by atoms with Crippen LogP contribution in [0.2, 0.25) is 5.02 Å². The monoisotopic (exact) mass is 581 g/mol. The summed E-state index contributed by atoms with van der Waals surface area (Å²) in [6, 6.07) is 5.53. The molecule has 216 valence electrons. The minimum atomic E-state index is -1.86. The zero-order valence-electron chi connectivity index (χ0n) is 23.5. The van der Waals surface area contributed by atoms with E-state index in [1.807, 2.05) is 39.8 Å². The Labute approximate surface area is 237 Å². The van der Waals surface area contributed by atoms with Crippen molar-refractivity contribution in [3.63, 3.8) is 0 Å². The summed E-state index contributed by atoms with van der Waals surface area (Å²) in [6.07, 6.45) is 7.03. The molecule has 1 unspecified atom stereocenters. The van der Waals surface area contributed by atoms with Gasteiger partial charge in [0.25, 0.3) is 11.3 Å². The van der Waals surface area contributed by atoms with Gasteiger partial charge >= 0.3 is 5.97 Å². The highest BCUT2D eigenvalue weighted by molar-refractivity contribution is 7.78. The minimum absolute atomic E-state index is 0.0169. The molecule has 3 aromatic rings. The van der Waals surface area contributed by atoms with Gasteiger partial charge in [-0.25, -0.2) is 9.24 Å². The van der Waals surface area contributed by atoms with E-state index in [1.165, 1.54) is 25.7 Å². The first kappa shape index (κ1) is 30.9. The van der Waals surface area contributed by atoms with Crippen molar-refractivity contribution in [2.75, 3.05) is 19.8 Å². The predicted octanol–water partition coefficient (Wildman–Crippen LogP) is 5.53. The summed E-state index contributed by atoms with van der Waals surface area (Å²) in [5.41, 5.74) is 1.65. The Kier molecular flexibility index (Phi) is 11.6. The normalized spacial score (nSPS) is 12.6. The largest absolute Gasteiger partial charge is 0.490 e. The fraction of sp³-hybridized carbons (Fsp3) is 0.593. The molecule has 2 heterocycles. The van der Waals surface area contributed by atoms with Gasteiger partial charge in [-0.15, -0.1) is 10.2 Å². The van der Waals surface area contributed by atoms with Gasteiger partial charge in [0, 0.05) is 6.54 Å². The number of unbranched alkanes of at least 4 members (excludes halogenated alkanes) is 5. The Morgan fingerprint density at radius 2 is 1.87 bits per heavy atom. The fourth-order valence-corrected chi connectivity index (χ4v) is 4.75. The number of rotatable bonds is 17. The molecule has 0 spiro atoms. The number of halogens is 1. The van der Waals surface area contributed by atoms with Crippen LogP contribution in [-0.4, -0.2) is 49.7 Å². The summed E-state index contributed by atoms with van der Waals surface area (Å²) in [6.45, 7) is 10.5. The lowest BCUT2D eigenvalue weighted by Crippen LogP contribution is -2.30. The van der Waals surface area contributed by atoms with E-state index < -0.39 is 22.7 Å². The van der Waals surface area contributed by atoms with Crippen LogP contribution in [0.4, 0.5) is 0 Å². The van der Waals surface area contributed by atoms with Crippen molar-refractivity contribution in [3.05, 3.63) is 40.3 Å². The number of carbonyl (C=O) groups excluding carboxylic acids is 1. The molecule has 0 saturated heterocycles. The summed E-state index contributed by atoms with van der Waals surface area (Å²) < 4.78 is 33.9. The van der Waals surface area contributed by atoms with E-state index in [4.69, 9.17) is 25.3 Å². The summed E-state index contributed by atoms with van der Waals surface area (Å²) in [5.74, 6) is 1.11. The zero-order valence-corrected chi connectivity index (χ0v) is 25.0. The number of carbonyl (C=O) groups is 1. The van der Waals surface area contributed by atoms with E-state index in [1.54, 1.807) is 10.6 Å². The molecule has 1 atom stereocenters. The molecule has 0 radical (unpaired) electrons. The Morgan fingerprint density at radius 3 is 2.64 bits per heavy atom. The van der Waals surface area contributed by atoms with Gasteiger partial charge in [0.15, 0.2) is 23.0 Å². The van der Waals surface area contributed by atoms with Gasteiger partial charge in [0.05, 0.1) is 24.1 Å². The van der Waals surface area contributed by atoms with Gasteiger partial charge in [0.1, 0.15) is 11.6 Å². The van der Waals surface area contributed by atoms with Gasteiger partial charge in [-0.1, -0.05) is 56.7 Å². The molecule has 0 amide bonds. The third-order valence-electron chi connectivity index (χ3n) is 6.24. The summed E-state index contributed by atoms with van der Waals surface area (Å²) in [4.78, 5) is 12.4. The molecule has 10 nitrogen and oxygen atoms in total. The molecule has 0 aliphatic heterocycles. The number of benzene rings is 1. The first-order chi connectivity index (χ1) is 18.6. The first-order valence-corrected chi connectivity index (χ1v) is 14.9. The highest BCUT2D eigenvalue weighted by atomic mass is 35.5. The molecule has 0 saturated carbocycles. The van der Waals surface area contributed by atoms with Crippen molar-refractivity contribution in [1.29, 1.82) is 0 Å². The van der Waals surface area contributed by atoms with Crippen molar-refractivity contribution in [1.82, 2.24) is 24.5 Å². The van der Waals surface area contributed by atoms with Crippen molar-refractivity contribution < 1.29 is 22.7 Å². The molecular weight excluding hydrogens is 542 g/mol. The molecule has 12 heteroatoms. The topological polar surface area (TPSA) is 120 Å². The van der Waals surface area contributed by atoms with Gasteiger partial charge in [-0.3, -0.25) is 9.89 Å². The van der Waals surface area contributed by atoms with Crippen LogP contribution in [0.5, 0.6) is 11.5 Å². The van der Waals surface area contributed by atoms with Crippen LogP contribution in [0.25, 0.3) is 5.65 Å². The molecule has 0 aliphatic carbocycles. The highest BCUT2D eigenvalue weighted by Crippen LogP contribution is 2.29. The van der Waals surface area contributed by atoms with Crippen LogP contribution in [0.1, 0.15) is 82.8 Å². The molecule has 0 fully saturated rings. The van der Waals surface area contributed by atoms with E-state index in [0.29, 0.717) is 34.6 Å². The molecule has 39 heavy (non-hydrogen) atoms. The number of nitrogens with zero attached hydrogens (tertiary/aromatic N) is 3. The van der Waals surface area contributed by atoms with Crippen molar-refractivity contribution in [2.24, 2.45) is 0 Å². The molecular formula is C27H40ClN5O5S. The Bertz CT molecular complexity index is 1260. The average molecular weight is 582 g/mol. The van der Waals surface area contributed by atoms with Crippen LogP contribution in [0.3, 0.4) is 0 Å². The number of aromatic nitrogens is 4. The maximum absolute atomic E-state index is 12.5. The zero-order chi connectivity index (χ0) is 28.4. The van der Waals surface area contributed by atoms with Crippen LogP contribution in [-0.2, 0) is 26.2 Å². The third kappa shape index (κ3) is 8.94. The highest BCUT2D eigenvalue weighted by Gasteiger charge is 2.30. The number of fused-ring (bicyclic) bond motifs is 1. The smallest absolute Gasteiger partial charge is 0.307 e. The number of ether oxygens (including phenoxy) is 2. The first-order valence-electron chi connectivity index (χ1n) is 13.4. The lowest BCUT2D eigenvalue weighted by molar-refractivity contribution is -0.145. The van der Waals surface area contributed by atoms with Crippen LogP contribution >= 0.6 is 11.6 Å². The predicted molar refractivity (Wildman–Crippen MR) is 153 cm³/mol. The Hall–Kier alpha value is -2.63. The number of hydrogen-bond donors (Lipinski definition) is 2. The standard InChI is InChI=1S/C27H40ClN5O5S/c1-6-7-8-9-10-11-16-36-21-13-12-19(2)17-22(21)38-39(35)29-15-14-23(34)37-18-27(4,5)26-31-30-25-24(28)20(3)32-33(25)26/h12-13,17,29,32H,6-11,14-16,18H2,1-5H3. The second-order valence-corrected chi connectivity index (χ2v) is 11.6. The Balaban J connectivity index is 1.41. The number of nitrogens with one attached hydrogen (secondary N) is 2. The number of H-pyrrole nitrogens is 1. The molecule has 0 bridgehead atoms. The number of aryl methyl sites for hydroxylation is 2. The van der Waals surface area contributed by atoms with E-state index in [-0.39, 0.29) is 19.6 Å².